The van der Waals surface area contributed by atoms with Crippen molar-refractivity contribution in [2.75, 3.05) is 0 Å². The number of hydrogen-bond donors (Lipinski definition) is 0. The van der Waals surface area contributed by atoms with Crippen LogP contribution in [-0.2, 0) is 5.88 Å². The van der Waals surface area contributed by atoms with Crippen molar-refractivity contribution in [1.29, 1.82) is 0 Å². The third-order valence-electron chi connectivity index (χ3n) is 1.87. The molecule has 15 heavy (non-hydrogen) atoms. The van der Waals surface area contributed by atoms with Crippen LogP contribution >= 0.6 is 38.9 Å². The molecule has 0 bridgehead atoms. The summed E-state index contributed by atoms with van der Waals surface area (Å²) in [6.07, 6.45) is 0. The molecule has 1 aromatic carbocycles. The molecule has 0 amide bonds. The molecule has 0 aliphatic rings. The topological polar surface area (TPSA) is 25.8 Å². The summed E-state index contributed by atoms with van der Waals surface area (Å²) in [5.74, 6) is 0.421. The van der Waals surface area contributed by atoms with E-state index in [-0.39, 0.29) is 0 Å². The van der Waals surface area contributed by atoms with Crippen LogP contribution in [0.15, 0.2) is 22.7 Å². The van der Waals surface area contributed by atoms with E-state index >= 15 is 0 Å². The fraction of sp³-hybridized carbons (Fsp3) is 0.200. The molecular formula is C10H8BrClN2S. The van der Waals surface area contributed by atoms with Crippen LogP contribution in [0.4, 0.5) is 0 Å². The standard InChI is InChI=1S/C10H8BrClN2S/c1-6-2-7(4-8(11)3-6)10-14-13-9(5-12)15-10/h2-4H,5H2,1H3. The van der Waals surface area contributed by atoms with Gasteiger partial charge in [-0.25, -0.2) is 0 Å². The first-order chi connectivity index (χ1) is 7.19. The predicted octanol–water partition coefficient (Wildman–Crippen LogP) is 4.01. The van der Waals surface area contributed by atoms with Gasteiger partial charge in [-0.1, -0.05) is 27.3 Å². The van der Waals surface area contributed by atoms with E-state index in [1.54, 1.807) is 0 Å². The summed E-state index contributed by atoms with van der Waals surface area (Å²) in [6, 6.07) is 6.18. The average molecular weight is 304 g/mol. The van der Waals surface area contributed by atoms with Gasteiger partial charge in [-0.3, -0.25) is 0 Å². The van der Waals surface area contributed by atoms with Crippen molar-refractivity contribution < 1.29 is 0 Å². The number of benzene rings is 1. The zero-order valence-corrected chi connectivity index (χ0v) is 11.2. The molecule has 0 N–H and O–H groups in total. The van der Waals surface area contributed by atoms with Gasteiger partial charge in [-0.2, -0.15) is 0 Å². The Bertz CT molecular complexity index is 464. The molecular weight excluding hydrogens is 296 g/mol. The summed E-state index contributed by atoms with van der Waals surface area (Å²) >= 11 is 10.7. The molecule has 0 fully saturated rings. The van der Waals surface area contributed by atoms with Crippen molar-refractivity contribution in [2.24, 2.45) is 0 Å². The first-order valence-corrected chi connectivity index (χ1v) is 6.49. The van der Waals surface area contributed by atoms with Crippen LogP contribution in [0.2, 0.25) is 0 Å². The zero-order chi connectivity index (χ0) is 10.8. The second kappa shape index (κ2) is 4.60. The number of nitrogens with zero attached hydrogens (tertiary/aromatic N) is 2. The Morgan fingerprint density at radius 3 is 2.73 bits per heavy atom. The molecule has 2 rings (SSSR count). The molecule has 1 aromatic heterocycles. The van der Waals surface area contributed by atoms with E-state index in [1.807, 2.05) is 6.07 Å². The van der Waals surface area contributed by atoms with Crippen LogP contribution in [-0.4, -0.2) is 10.2 Å². The average Bonchev–Trinajstić information content (AvgIpc) is 2.64. The maximum absolute atomic E-state index is 5.69. The highest BCUT2D eigenvalue weighted by molar-refractivity contribution is 9.10. The van der Waals surface area contributed by atoms with Crippen molar-refractivity contribution >= 4 is 38.9 Å². The van der Waals surface area contributed by atoms with Gasteiger partial charge in [-0.15, -0.1) is 21.8 Å². The summed E-state index contributed by atoms with van der Waals surface area (Å²) in [5.41, 5.74) is 2.28. The molecule has 0 aliphatic carbocycles. The summed E-state index contributed by atoms with van der Waals surface area (Å²) in [5, 5.41) is 9.86. The van der Waals surface area contributed by atoms with Crippen molar-refractivity contribution in [3.05, 3.63) is 33.2 Å². The molecule has 0 saturated heterocycles. The minimum Gasteiger partial charge on any atom is -0.142 e. The maximum Gasteiger partial charge on any atom is 0.147 e. The Labute approximate surface area is 105 Å². The fourth-order valence-electron chi connectivity index (χ4n) is 1.28. The van der Waals surface area contributed by atoms with E-state index in [4.69, 9.17) is 11.6 Å². The summed E-state index contributed by atoms with van der Waals surface area (Å²) in [4.78, 5) is 0. The number of aromatic nitrogens is 2. The second-order valence-corrected chi connectivity index (χ2v) is 5.40. The smallest absolute Gasteiger partial charge is 0.142 e. The van der Waals surface area contributed by atoms with Gasteiger partial charge in [0.25, 0.3) is 0 Å². The Morgan fingerprint density at radius 1 is 1.33 bits per heavy atom. The van der Waals surface area contributed by atoms with Gasteiger partial charge >= 0.3 is 0 Å². The van der Waals surface area contributed by atoms with Gasteiger partial charge in [-0.05, 0) is 30.7 Å². The molecule has 0 radical (unpaired) electrons. The number of halogens is 2. The first-order valence-electron chi connectivity index (χ1n) is 4.35. The number of rotatable bonds is 2. The molecule has 5 heteroatoms. The lowest BCUT2D eigenvalue weighted by Gasteiger charge is -1.99. The van der Waals surface area contributed by atoms with Gasteiger partial charge in [0.15, 0.2) is 0 Å². The number of hydrogen-bond acceptors (Lipinski definition) is 3. The highest BCUT2D eigenvalue weighted by atomic mass is 79.9. The highest BCUT2D eigenvalue weighted by Crippen LogP contribution is 2.27. The molecule has 1 heterocycles. The van der Waals surface area contributed by atoms with Crippen molar-refractivity contribution in [1.82, 2.24) is 10.2 Å². The van der Waals surface area contributed by atoms with E-state index in [0.717, 1.165) is 20.1 Å². The lowest BCUT2D eigenvalue weighted by atomic mass is 10.1. The predicted molar refractivity (Wildman–Crippen MR) is 67.3 cm³/mol. The monoisotopic (exact) mass is 302 g/mol. The lowest BCUT2D eigenvalue weighted by Crippen LogP contribution is -1.80. The van der Waals surface area contributed by atoms with Gasteiger partial charge in [0.2, 0.25) is 0 Å². The molecule has 78 valence electrons. The van der Waals surface area contributed by atoms with Gasteiger partial charge in [0, 0.05) is 10.0 Å². The van der Waals surface area contributed by atoms with E-state index in [1.165, 1.54) is 16.9 Å². The van der Waals surface area contributed by atoms with Crippen molar-refractivity contribution in [3.63, 3.8) is 0 Å². The number of alkyl halides is 1. The Hall–Kier alpha value is -0.450. The largest absolute Gasteiger partial charge is 0.147 e. The molecule has 2 aromatic rings. The summed E-state index contributed by atoms with van der Waals surface area (Å²) in [6.45, 7) is 2.05. The van der Waals surface area contributed by atoms with Crippen LogP contribution in [0, 0.1) is 6.92 Å². The van der Waals surface area contributed by atoms with Crippen LogP contribution in [0.3, 0.4) is 0 Å². The van der Waals surface area contributed by atoms with Crippen LogP contribution < -0.4 is 0 Å². The zero-order valence-electron chi connectivity index (χ0n) is 8.00. The van der Waals surface area contributed by atoms with Crippen LogP contribution in [0.25, 0.3) is 10.6 Å². The molecule has 0 saturated carbocycles. The third kappa shape index (κ3) is 2.56. The van der Waals surface area contributed by atoms with Gasteiger partial charge in [0.05, 0.1) is 5.88 Å². The molecule has 2 nitrogen and oxygen atoms in total. The normalized spacial score (nSPS) is 10.6. The minimum absolute atomic E-state index is 0.421. The van der Waals surface area contributed by atoms with Crippen LogP contribution in [0.5, 0.6) is 0 Å². The molecule has 0 unspecified atom stereocenters. The van der Waals surface area contributed by atoms with Gasteiger partial charge < -0.3 is 0 Å². The quantitative estimate of drug-likeness (QED) is 0.783. The second-order valence-electron chi connectivity index (χ2n) is 3.15. The van der Waals surface area contributed by atoms with Crippen molar-refractivity contribution in [2.45, 2.75) is 12.8 Å². The van der Waals surface area contributed by atoms with E-state index in [2.05, 4.69) is 45.2 Å². The first kappa shape index (κ1) is 11.0. The Morgan fingerprint density at radius 2 is 2.13 bits per heavy atom. The third-order valence-corrected chi connectivity index (χ3v) is 3.71. The number of aryl methyl sites for hydroxylation is 1. The molecule has 0 atom stereocenters. The summed E-state index contributed by atoms with van der Waals surface area (Å²) < 4.78 is 1.06. The Balaban J connectivity index is 2.44. The fourth-order valence-corrected chi connectivity index (χ4v) is 2.79. The van der Waals surface area contributed by atoms with Crippen LogP contribution in [0.1, 0.15) is 10.6 Å². The van der Waals surface area contributed by atoms with E-state index in [9.17, 15) is 0 Å². The molecule has 0 spiro atoms. The minimum atomic E-state index is 0.421. The maximum atomic E-state index is 5.69. The van der Waals surface area contributed by atoms with Gasteiger partial charge in [0.1, 0.15) is 10.0 Å². The van der Waals surface area contributed by atoms with E-state index in [0.29, 0.717) is 5.88 Å². The highest BCUT2D eigenvalue weighted by Gasteiger charge is 2.06. The summed E-state index contributed by atoms with van der Waals surface area (Å²) in [7, 11) is 0. The van der Waals surface area contributed by atoms with Crippen molar-refractivity contribution in [3.8, 4) is 10.6 Å². The molecule has 0 aliphatic heterocycles. The Kier molecular flexibility index (Phi) is 3.38. The SMILES string of the molecule is Cc1cc(Br)cc(-c2nnc(CCl)s2)c1. The lowest BCUT2D eigenvalue weighted by molar-refractivity contribution is 1.04. The van der Waals surface area contributed by atoms with E-state index < -0.39 is 0 Å².